The molecule has 96 valence electrons. The fourth-order valence-electron chi connectivity index (χ4n) is 1.62. The van der Waals surface area contributed by atoms with Gasteiger partial charge in [-0.05, 0) is 6.42 Å². The number of carboxylic acids is 1. The minimum Gasteiger partial charge on any atom is -0.480 e. The zero-order valence-corrected chi connectivity index (χ0v) is 10.7. The van der Waals surface area contributed by atoms with Crippen molar-refractivity contribution >= 4 is 5.97 Å². The van der Waals surface area contributed by atoms with Gasteiger partial charge in [0, 0.05) is 18.8 Å². The largest absolute Gasteiger partial charge is 0.480 e. The summed E-state index contributed by atoms with van der Waals surface area (Å²) in [5.41, 5.74) is 0.876. The summed E-state index contributed by atoms with van der Waals surface area (Å²) in [7, 11) is 0. The number of hydrogen-bond acceptors (Lipinski definition) is 3. The molecule has 1 aromatic heterocycles. The highest BCUT2D eigenvalue weighted by atomic mass is 16.4. The molecule has 0 bridgehead atoms. The van der Waals surface area contributed by atoms with Crippen LogP contribution in [0, 0.1) is 0 Å². The summed E-state index contributed by atoms with van der Waals surface area (Å²) in [4.78, 5) is 15.3. The molecule has 2 N–H and O–H groups in total. The lowest BCUT2D eigenvalue weighted by Crippen LogP contribution is -2.22. The molecule has 0 spiro atoms. The van der Waals surface area contributed by atoms with Crippen LogP contribution in [-0.4, -0.2) is 26.7 Å². The van der Waals surface area contributed by atoms with Crippen molar-refractivity contribution in [3.8, 4) is 0 Å². The second-order valence-electron chi connectivity index (χ2n) is 4.49. The lowest BCUT2D eigenvalue weighted by molar-refractivity contribution is -0.141. The Bertz CT molecular complexity index is 360. The van der Waals surface area contributed by atoms with Crippen LogP contribution in [0.2, 0.25) is 0 Å². The maximum atomic E-state index is 11.1. The number of aliphatic carboxylic acids is 1. The summed E-state index contributed by atoms with van der Waals surface area (Å²) in [5.74, 6) is -0.799. The summed E-state index contributed by atoms with van der Waals surface area (Å²) >= 11 is 0. The van der Waals surface area contributed by atoms with Crippen LogP contribution in [0.25, 0.3) is 0 Å². The van der Waals surface area contributed by atoms with Gasteiger partial charge in [-0.1, -0.05) is 27.2 Å². The van der Waals surface area contributed by atoms with Gasteiger partial charge in [-0.2, -0.15) is 0 Å². The Kier molecular flexibility index (Phi) is 5.15. The zero-order chi connectivity index (χ0) is 12.8. The number of hydrogen-bond donors (Lipinski definition) is 2. The van der Waals surface area contributed by atoms with Crippen molar-refractivity contribution in [1.82, 2.24) is 14.9 Å². The molecule has 0 radical (unpaired) electrons. The minimum atomic E-state index is -0.799. The third-order valence-corrected chi connectivity index (χ3v) is 2.55. The topological polar surface area (TPSA) is 67.1 Å². The molecule has 1 atom stereocenters. The van der Waals surface area contributed by atoms with Gasteiger partial charge < -0.3 is 15.0 Å². The molecule has 1 unspecified atom stereocenters. The van der Waals surface area contributed by atoms with Gasteiger partial charge in [-0.3, -0.25) is 0 Å². The minimum absolute atomic E-state index is 0.395. The molecule has 0 saturated heterocycles. The number of aromatic nitrogens is 2. The van der Waals surface area contributed by atoms with E-state index in [-0.39, 0.29) is 0 Å². The van der Waals surface area contributed by atoms with Crippen molar-refractivity contribution in [1.29, 1.82) is 0 Å². The Hall–Kier alpha value is -1.36. The van der Waals surface area contributed by atoms with Gasteiger partial charge in [0.25, 0.3) is 0 Å². The van der Waals surface area contributed by atoms with Gasteiger partial charge in [-0.25, -0.2) is 9.78 Å². The predicted molar refractivity (Wildman–Crippen MR) is 65.8 cm³/mol. The van der Waals surface area contributed by atoms with E-state index in [0.29, 0.717) is 19.0 Å². The average Bonchev–Trinajstić information content (AvgIpc) is 2.71. The molecule has 17 heavy (non-hydrogen) atoms. The maximum Gasteiger partial charge on any atom is 0.326 e. The zero-order valence-electron chi connectivity index (χ0n) is 10.7. The first-order chi connectivity index (χ1) is 8.04. The molecule has 1 aromatic rings. The molecule has 0 aliphatic carbocycles. The molecular formula is C12H21N3O2. The summed E-state index contributed by atoms with van der Waals surface area (Å²) < 4.78 is 1.68. The van der Waals surface area contributed by atoms with E-state index < -0.39 is 12.0 Å². The predicted octanol–water partition coefficient (Wildman–Crippen LogP) is 1.81. The van der Waals surface area contributed by atoms with Crippen LogP contribution in [0.4, 0.5) is 0 Å². The fraction of sp³-hybridized carbons (Fsp3) is 0.667. The van der Waals surface area contributed by atoms with Crippen molar-refractivity contribution in [2.24, 2.45) is 0 Å². The molecule has 5 heteroatoms. The normalized spacial score (nSPS) is 12.9. The Morgan fingerprint density at radius 2 is 2.29 bits per heavy atom. The van der Waals surface area contributed by atoms with E-state index in [1.807, 2.05) is 13.1 Å². The first-order valence-electron chi connectivity index (χ1n) is 6.03. The van der Waals surface area contributed by atoms with Crippen molar-refractivity contribution in [2.75, 3.05) is 0 Å². The maximum absolute atomic E-state index is 11.1. The first kappa shape index (κ1) is 13.7. The van der Waals surface area contributed by atoms with Gasteiger partial charge in [-0.15, -0.1) is 0 Å². The van der Waals surface area contributed by atoms with E-state index in [4.69, 9.17) is 5.11 Å². The number of carboxylic acid groups (broad SMARTS) is 1. The highest BCUT2D eigenvalue weighted by Crippen LogP contribution is 2.14. The van der Waals surface area contributed by atoms with E-state index in [1.54, 1.807) is 10.9 Å². The fourth-order valence-corrected chi connectivity index (χ4v) is 1.62. The van der Waals surface area contributed by atoms with Crippen molar-refractivity contribution in [2.45, 2.75) is 52.2 Å². The lowest BCUT2D eigenvalue weighted by atomic mass is 10.2. The van der Waals surface area contributed by atoms with Crippen molar-refractivity contribution in [3.05, 3.63) is 18.2 Å². The second-order valence-corrected chi connectivity index (χ2v) is 4.49. The van der Waals surface area contributed by atoms with Crippen molar-refractivity contribution in [3.63, 3.8) is 0 Å². The van der Waals surface area contributed by atoms with Crippen LogP contribution in [0.15, 0.2) is 12.5 Å². The molecule has 0 aromatic carbocycles. The van der Waals surface area contributed by atoms with Crippen LogP contribution in [0.3, 0.4) is 0 Å². The van der Waals surface area contributed by atoms with E-state index in [9.17, 15) is 4.79 Å². The Morgan fingerprint density at radius 1 is 1.59 bits per heavy atom. The summed E-state index contributed by atoms with van der Waals surface area (Å²) in [5, 5.41) is 12.4. The van der Waals surface area contributed by atoms with Gasteiger partial charge in [0.15, 0.2) is 0 Å². The lowest BCUT2D eigenvalue weighted by Gasteiger charge is -2.12. The first-order valence-corrected chi connectivity index (χ1v) is 6.03. The average molecular weight is 239 g/mol. The number of imidazole rings is 1. The molecule has 5 nitrogen and oxygen atoms in total. The second kappa shape index (κ2) is 6.39. The van der Waals surface area contributed by atoms with Gasteiger partial charge >= 0.3 is 5.97 Å². The van der Waals surface area contributed by atoms with Crippen LogP contribution in [-0.2, 0) is 11.3 Å². The van der Waals surface area contributed by atoms with Gasteiger partial charge in [0.05, 0.1) is 12.0 Å². The van der Waals surface area contributed by atoms with Crippen molar-refractivity contribution < 1.29 is 9.90 Å². The van der Waals surface area contributed by atoms with E-state index >= 15 is 0 Å². The van der Waals surface area contributed by atoms with Gasteiger partial charge in [0.2, 0.25) is 0 Å². The smallest absolute Gasteiger partial charge is 0.326 e. The third kappa shape index (κ3) is 4.19. The van der Waals surface area contributed by atoms with E-state index in [1.165, 1.54) is 0 Å². The molecule has 1 heterocycles. The highest BCUT2D eigenvalue weighted by Gasteiger charge is 2.18. The van der Waals surface area contributed by atoms with E-state index in [0.717, 1.165) is 12.1 Å². The Labute approximate surface area is 102 Å². The third-order valence-electron chi connectivity index (χ3n) is 2.55. The summed E-state index contributed by atoms with van der Waals surface area (Å²) in [6.07, 6.45) is 4.88. The monoisotopic (exact) mass is 239 g/mol. The number of nitrogens with one attached hydrogen (secondary N) is 1. The molecule has 0 aliphatic heterocycles. The van der Waals surface area contributed by atoms with Crippen LogP contribution >= 0.6 is 0 Å². The quantitative estimate of drug-likeness (QED) is 0.761. The number of nitrogens with zero attached hydrogens (tertiary/aromatic N) is 2. The molecular weight excluding hydrogens is 218 g/mol. The van der Waals surface area contributed by atoms with Gasteiger partial charge in [0.1, 0.15) is 6.04 Å². The number of rotatable bonds is 7. The van der Waals surface area contributed by atoms with E-state index in [2.05, 4.69) is 24.1 Å². The SMILES string of the molecule is CCCC(C(=O)O)n1cnc(CNC(C)C)c1. The number of carbonyl (C=O) groups is 1. The molecule has 0 amide bonds. The molecule has 0 aliphatic rings. The molecule has 1 rings (SSSR count). The Balaban J connectivity index is 2.67. The summed E-state index contributed by atoms with van der Waals surface area (Å²) in [6.45, 7) is 6.78. The Morgan fingerprint density at radius 3 is 2.82 bits per heavy atom. The molecule has 0 fully saturated rings. The standard InChI is InChI=1S/C12H21N3O2/c1-4-5-11(12(16)17)15-7-10(14-8-15)6-13-9(2)3/h7-9,11,13H,4-6H2,1-3H3,(H,16,17). The molecule has 0 saturated carbocycles. The van der Waals surface area contributed by atoms with Crippen LogP contribution in [0.5, 0.6) is 0 Å². The highest BCUT2D eigenvalue weighted by molar-refractivity contribution is 5.71. The van der Waals surface area contributed by atoms with Crippen LogP contribution in [0.1, 0.15) is 45.3 Å². The summed E-state index contributed by atoms with van der Waals surface area (Å²) in [6, 6.07) is -0.105. The van der Waals surface area contributed by atoms with Crippen LogP contribution < -0.4 is 5.32 Å².